The molecule has 1 aromatic carbocycles. The number of hydrogen-bond donors (Lipinski definition) is 1. The van der Waals surface area contributed by atoms with Crippen molar-refractivity contribution >= 4 is 21.8 Å². The third-order valence-electron chi connectivity index (χ3n) is 2.29. The molecule has 3 N–H and O–H groups in total. The fourth-order valence-electron chi connectivity index (χ4n) is 1.56. The Morgan fingerprint density at radius 2 is 2.00 bits per heavy atom. The van der Waals surface area contributed by atoms with Crippen molar-refractivity contribution in [2.24, 2.45) is 0 Å². The van der Waals surface area contributed by atoms with Gasteiger partial charge in [-0.15, -0.1) is 0 Å². The van der Waals surface area contributed by atoms with E-state index in [4.69, 9.17) is 0 Å². The van der Waals surface area contributed by atoms with E-state index in [1.807, 2.05) is 24.3 Å². The van der Waals surface area contributed by atoms with Crippen LogP contribution in [0.15, 0.2) is 36.0 Å². The van der Waals surface area contributed by atoms with Crippen LogP contribution in [0.3, 0.4) is 0 Å². The Labute approximate surface area is 105 Å². The second kappa shape index (κ2) is 5.19. The standard InChI is InChI=1S/C11H11NO4S.H2O/c1-17(14,15)16-11(13)9-6-8-4-2-3-5-10(8)12-7-9;/h2-5,7,12H,6H2,1H3;1H2. The Morgan fingerprint density at radius 1 is 1.33 bits per heavy atom. The molecule has 98 valence electrons. The summed E-state index contributed by atoms with van der Waals surface area (Å²) in [6.07, 6.45) is 2.67. The zero-order valence-corrected chi connectivity index (χ0v) is 10.5. The van der Waals surface area contributed by atoms with E-state index in [1.54, 1.807) is 0 Å². The smallest absolute Gasteiger partial charge is 0.351 e. The molecule has 7 heteroatoms. The van der Waals surface area contributed by atoms with Gasteiger partial charge in [0.25, 0.3) is 0 Å². The minimum Gasteiger partial charge on any atom is -0.412 e. The Hall–Kier alpha value is -1.86. The molecule has 0 saturated heterocycles. The molecule has 0 saturated carbocycles. The predicted molar refractivity (Wildman–Crippen MR) is 66.4 cm³/mol. The summed E-state index contributed by atoms with van der Waals surface area (Å²) in [5, 5.41) is 2.92. The lowest BCUT2D eigenvalue weighted by atomic mass is 10.0. The average molecular weight is 271 g/mol. The fourth-order valence-corrected chi connectivity index (χ4v) is 1.94. The number of hydrogen-bond acceptors (Lipinski definition) is 5. The maximum atomic E-state index is 11.5. The topological polar surface area (TPSA) is 104 Å². The van der Waals surface area contributed by atoms with Crippen molar-refractivity contribution in [1.82, 2.24) is 0 Å². The quantitative estimate of drug-likeness (QED) is 0.775. The highest BCUT2D eigenvalue weighted by molar-refractivity contribution is 7.86. The van der Waals surface area contributed by atoms with Crippen LogP contribution in [0.4, 0.5) is 5.69 Å². The summed E-state index contributed by atoms with van der Waals surface area (Å²) in [5.41, 5.74) is 2.12. The summed E-state index contributed by atoms with van der Waals surface area (Å²) in [6.45, 7) is 0. The first-order chi connectivity index (χ1) is 7.96. The van der Waals surface area contributed by atoms with Gasteiger partial charge in [0.15, 0.2) is 0 Å². The van der Waals surface area contributed by atoms with Crippen molar-refractivity contribution in [3.05, 3.63) is 41.6 Å². The molecule has 0 atom stereocenters. The number of benzene rings is 1. The molecular weight excluding hydrogens is 258 g/mol. The van der Waals surface area contributed by atoms with E-state index >= 15 is 0 Å². The lowest BCUT2D eigenvalue weighted by molar-refractivity contribution is -0.129. The molecule has 6 nitrogen and oxygen atoms in total. The zero-order valence-electron chi connectivity index (χ0n) is 9.64. The maximum absolute atomic E-state index is 11.5. The van der Waals surface area contributed by atoms with E-state index in [9.17, 15) is 13.2 Å². The number of fused-ring (bicyclic) bond motifs is 1. The van der Waals surface area contributed by atoms with Crippen LogP contribution in [0.1, 0.15) is 5.56 Å². The third kappa shape index (κ3) is 3.31. The van der Waals surface area contributed by atoms with Crippen LogP contribution >= 0.6 is 0 Å². The SMILES string of the molecule is CS(=O)(=O)OC(=O)C1=CNc2ccccc2C1.O. The average Bonchev–Trinajstić information content (AvgIpc) is 2.26. The first-order valence-electron chi connectivity index (χ1n) is 4.93. The van der Waals surface area contributed by atoms with Gasteiger partial charge in [-0.25, -0.2) is 4.79 Å². The van der Waals surface area contributed by atoms with Gasteiger partial charge in [0.05, 0.1) is 11.8 Å². The Bertz CT molecular complexity index is 591. The summed E-state index contributed by atoms with van der Waals surface area (Å²) in [4.78, 5) is 11.5. The van der Waals surface area contributed by atoms with Gasteiger partial charge in [0, 0.05) is 18.3 Å². The summed E-state index contributed by atoms with van der Waals surface area (Å²) >= 11 is 0. The number of anilines is 1. The molecule has 0 spiro atoms. The zero-order chi connectivity index (χ0) is 12.5. The van der Waals surface area contributed by atoms with Gasteiger partial charge in [-0.2, -0.15) is 8.42 Å². The minimum absolute atomic E-state index is 0. The normalized spacial score (nSPS) is 13.5. The Balaban J connectivity index is 0.00000162. The molecule has 18 heavy (non-hydrogen) atoms. The van der Waals surface area contributed by atoms with Crippen molar-refractivity contribution in [2.75, 3.05) is 11.6 Å². The fraction of sp³-hybridized carbons (Fsp3) is 0.182. The van der Waals surface area contributed by atoms with Crippen LogP contribution in [0, 0.1) is 0 Å². The van der Waals surface area contributed by atoms with E-state index in [-0.39, 0.29) is 11.0 Å². The monoisotopic (exact) mass is 271 g/mol. The molecule has 0 fully saturated rings. The lowest BCUT2D eigenvalue weighted by Crippen LogP contribution is -2.18. The number of nitrogens with one attached hydrogen (secondary N) is 1. The number of para-hydroxylation sites is 1. The maximum Gasteiger partial charge on any atom is 0.351 e. The molecule has 1 aliphatic rings. The van der Waals surface area contributed by atoms with E-state index in [0.717, 1.165) is 17.5 Å². The van der Waals surface area contributed by atoms with E-state index in [2.05, 4.69) is 9.50 Å². The third-order valence-corrected chi connectivity index (χ3v) is 2.74. The summed E-state index contributed by atoms with van der Waals surface area (Å²) in [6, 6.07) is 7.47. The second-order valence-corrected chi connectivity index (χ2v) is 5.30. The highest BCUT2D eigenvalue weighted by Crippen LogP contribution is 2.24. The van der Waals surface area contributed by atoms with E-state index in [1.165, 1.54) is 6.20 Å². The highest BCUT2D eigenvalue weighted by atomic mass is 32.2. The summed E-state index contributed by atoms with van der Waals surface area (Å²) in [7, 11) is -3.77. The molecule has 1 heterocycles. The number of rotatable bonds is 2. The molecule has 0 amide bonds. The van der Waals surface area contributed by atoms with Crippen LogP contribution in [-0.4, -0.2) is 26.1 Å². The molecule has 2 rings (SSSR count). The first-order valence-corrected chi connectivity index (χ1v) is 6.74. The van der Waals surface area contributed by atoms with Crippen LogP contribution < -0.4 is 5.32 Å². The number of carbonyl (C=O) groups is 1. The minimum atomic E-state index is -3.77. The van der Waals surface area contributed by atoms with Crippen molar-refractivity contribution in [2.45, 2.75) is 6.42 Å². The van der Waals surface area contributed by atoms with E-state index < -0.39 is 16.1 Å². The molecule has 0 aliphatic carbocycles. The van der Waals surface area contributed by atoms with Gasteiger partial charge in [-0.3, -0.25) is 0 Å². The van der Waals surface area contributed by atoms with Gasteiger partial charge in [0.1, 0.15) is 0 Å². The van der Waals surface area contributed by atoms with E-state index in [0.29, 0.717) is 6.42 Å². The van der Waals surface area contributed by atoms with Crippen molar-refractivity contribution in [3.8, 4) is 0 Å². The molecule has 1 aromatic rings. The van der Waals surface area contributed by atoms with Crippen molar-refractivity contribution in [1.29, 1.82) is 0 Å². The van der Waals surface area contributed by atoms with Gasteiger partial charge in [0.2, 0.25) is 0 Å². The molecule has 0 aromatic heterocycles. The molecule has 1 aliphatic heterocycles. The van der Waals surface area contributed by atoms with Gasteiger partial charge in [-0.1, -0.05) is 18.2 Å². The van der Waals surface area contributed by atoms with Gasteiger partial charge in [-0.05, 0) is 11.6 Å². The van der Waals surface area contributed by atoms with Crippen molar-refractivity contribution < 1.29 is 22.9 Å². The largest absolute Gasteiger partial charge is 0.412 e. The van der Waals surface area contributed by atoms with Crippen LogP contribution in [0.2, 0.25) is 0 Å². The molecule has 0 unspecified atom stereocenters. The van der Waals surface area contributed by atoms with Crippen LogP contribution in [0.25, 0.3) is 0 Å². The van der Waals surface area contributed by atoms with Gasteiger partial charge < -0.3 is 15.0 Å². The first kappa shape index (κ1) is 14.2. The molecule has 0 bridgehead atoms. The number of carbonyl (C=O) groups excluding carboxylic acids is 1. The van der Waals surface area contributed by atoms with Crippen molar-refractivity contribution in [3.63, 3.8) is 0 Å². The lowest BCUT2D eigenvalue weighted by Gasteiger charge is -2.16. The molecule has 0 radical (unpaired) electrons. The Kier molecular flexibility index (Phi) is 4.10. The summed E-state index contributed by atoms with van der Waals surface area (Å²) in [5.74, 6) is -0.838. The van der Waals surface area contributed by atoms with Gasteiger partial charge >= 0.3 is 16.1 Å². The summed E-state index contributed by atoms with van der Waals surface area (Å²) < 4.78 is 26.0. The predicted octanol–water partition coefficient (Wildman–Crippen LogP) is 0.217. The Morgan fingerprint density at radius 3 is 2.67 bits per heavy atom. The van der Waals surface area contributed by atoms with Crippen LogP contribution in [-0.2, 0) is 25.5 Å². The highest BCUT2D eigenvalue weighted by Gasteiger charge is 2.20. The second-order valence-electron chi connectivity index (χ2n) is 3.72. The molecular formula is C11H13NO5S. The van der Waals surface area contributed by atoms with Crippen LogP contribution in [0.5, 0.6) is 0 Å².